The molecule has 20 heavy (non-hydrogen) atoms. The molecular weight excluding hydrogens is 252 g/mol. The van der Waals surface area contributed by atoms with E-state index >= 15 is 0 Å². The minimum Gasteiger partial charge on any atom is -0.493 e. The molecule has 1 heterocycles. The van der Waals surface area contributed by atoms with Gasteiger partial charge in [-0.2, -0.15) is 0 Å². The zero-order chi connectivity index (χ0) is 14.2. The molecule has 1 aliphatic rings. The van der Waals surface area contributed by atoms with Gasteiger partial charge in [0.05, 0.1) is 7.11 Å². The Hall–Kier alpha value is -1.26. The normalized spacial score (nSPS) is 17.1. The lowest BCUT2D eigenvalue weighted by molar-refractivity contribution is 0.153. The number of benzene rings is 1. The summed E-state index contributed by atoms with van der Waals surface area (Å²) in [6.45, 7) is 5.22. The number of hydrogen-bond donors (Lipinski definition) is 1. The van der Waals surface area contributed by atoms with E-state index < -0.39 is 0 Å². The van der Waals surface area contributed by atoms with E-state index in [1.165, 1.54) is 25.9 Å². The molecule has 0 amide bonds. The van der Waals surface area contributed by atoms with Crippen molar-refractivity contribution in [3.05, 3.63) is 24.3 Å². The van der Waals surface area contributed by atoms with Crippen LogP contribution in [0.2, 0.25) is 0 Å². The molecule has 4 nitrogen and oxygen atoms in total. The van der Waals surface area contributed by atoms with Gasteiger partial charge in [-0.25, -0.2) is 0 Å². The number of likely N-dealkylation sites (tertiary alicyclic amines) is 1. The Kier molecular flexibility index (Phi) is 6.15. The first-order valence-corrected chi connectivity index (χ1v) is 7.46. The summed E-state index contributed by atoms with van der Waals surface area (Å²) in [4.78, 5) is 2.49. The maximum atomic E-state index is 5.83. The molecule has 0 bridgehead atoms. The second-order valence-electron chi connectivity index (χ2n) is 5.34. The Morgan fingerprint density at radius 2 is 1.90 bits per heavy atom. The van der Waals surface area contributed by atoms with Crippen molar-refractivity contribution < 1.29 is 9.47 Å². The highest BCUT2D eigenvalue weighted by molar-refractivity contribution is 5.39. The Balaban J connectivity index is 1.69. The summed E-state index contributed by atoms with van der Waals surface area (Å²) >= 11 is 0. The van der Waals surface area contributed by atoms with Crippen LogP contribution < -0.4 is 14.8 Å². The Labute approximate surface area is 122 Å². The van der Waals surface area contributed by atoms with Crippen molar-refractivity contribution >= 4 is 0 Å². The predicted octanol–water partition coefficient (Wildman–Crippen LogP) is 2.01. The summed E-state index contributed by atoms with van der Waals surface area (Å²) in [5, 5.41) is 3.27. The van der Waals surface area contributed by atoms with E-state index in [2.05, 4.69) is 10.2 Å². The highest BCUT2D eigenvalue weighted by Gasteiger charge is 2.18. The van der Waals surface area contributed by atoms with E-state index in [1.54, 1.807) is 7.11 Å². The summed E-state index contributed by atoms with van der Waals surface area (Å²) in [5.41, 5.74) is 0. The van der Waals surface area contributed by atoms with Crippen molar-refractivity contribution in [1.29, 1.82) is 0 Å². The Morgan fingerprint density at radius 3 is 2.55 bits per heavy atom. The minimum atomic E-state index is 0.719. The Bertz CT molecular complexity index is 390. The molecule has 0 atom stereocenters. The molecule has 0 saturated carbocycles. The zero-order valence-corrected chi connectivity index (χ0v) is 12.6. The summed E-state index contributed by atoms with van der Waals surface area (Å²) < 4.78 is 11.1. The van der Waals surface area contributed by atoms with Gasteiger partial charge in [-0.15, -0.1) is 0 Å². The number of para-hydroxylation sites is 2. The topological polar surface area (TPSA) is 33.7 Å². The van der Waals surface area contributed by atoms with Crippen LogP contribution in [0.3, 0.4) is 0 Å². The third kappa shape index (κ3) is 4.39. The van der Waals surface area contributed by atoms with Crippen molar-refractivity contribution in [3.8, 4) is 11.5 Å². The molecule has 112 valence electrons. The number of methoxy groups -OCH3 is 1. The SMILES string of the molecule is CNCC1CCN(CCOc2ccccc2OC)CC1. The fraction of sp³-hybridized carbons (Fsp3) is 0.625. The number of nitrogens with one attached hydrogen (secondary N) is 1. The molecule has 1 N–H and O–H groups in total. The van der Waals surface area contributed by atoms with Gasteiger partial charge in [0.1, 0.15) is 6.61 Å². The third-order valence-corrected chi connectivity index (χ3v) is 3.93. The molecule has 0 radical (unpaired) electrons. The van der Waals surface area contributed by atoms with E-state index in [4.69, 9.17) is 9.47 Å². The Morgan fingerprint density at radius 1 is 1.20 bits per heavy atom. The first-order chi connectivity index (χ1) is 9.83. The molecular formula is C16H26N2O2. The van der Waals surface area contributed by atoms with Gasteiger partial charge in [0.2, 0.25) is 0 Å². The number of hydrogen-bond acceptors (Lipinski definition) is 4. The zero-order valence-electron chi connectivity index (χ0n) is 12.6. The molecule has 1 aromatic carbocycles. The van der Waals surface area contributed by atoms with E-state index in [1.807, 2.05) is 31.3 Å². The second-order valence-corrected chi connectivity index (χ2v) is 5.34. The average molecular weight is 278 g/mol. The molecule has 1 aromatic rings. The van der Waals surface area contributed by atoms with Crippen LogP contribution in [-0.4, -0.2) is 51.8 Å². The van der Waals surface area contributed by atoms with Crippen LogP contribution in [0.4, 0.5) is 0 Å². The summed E-state index contributed by atoms with van der Waals surface area (Å²) in [7, 11) is 3.71. The standard InChI is InChI=1S/C16H26N2O2/c1-17-13-14-7-9-18(10-8-14)11-12-20-16-6-4-3-5-15(16)19-2/h3-6,14,17H,7-13H2,1-2H3. The molecule has 1 aliphatic heterocycles. The molecule has 0 spiro atoms. The van der Waals surface area contributed by atoms with Crippen LogP contribution in [0.15, 0.2) is 24.3 Å². The summed E-state index contributed by atoms with van der Waals surface area (Å²) in [6.07, 6.45) is 2.57. The van der Waals surface area contributed by atoms with Gasteiger partial charge >= 0.3 is 0 Å². The summed E-state index contributed by atoms with van der Waals surface area (Å²) in [5.74, 6) is 2.48. The van der Waals surface area contributed by atoms with E-state index in [9.17, 15) is 0 Å². The lowest BCUT2D eigenvalue weighted by Crippen LogP contribution is -2.38. The molecule has 0 aliphatic carbocycles. The first-order valence-electron chi connectivity index (χ1n) is 7.46. The largest absolute Gasteiger partial charge is 0.493 e. The van der Waals surface area contributed by atoms with E-state index in [0.717, 1.165) is 37.1 Å². The number of rotatable bonds is 7. The smallest absolute Gasteiger partial charge is 0.161 e. The minimum absolute atomic E-state index is 0.719. The van der Waals surface area contributed by atoms with Gasteiger partial charge in [-0.3, -0.25) is 4.90 Å². The maximum Gasteiger partial charge on any atom is 0.161 e. The maximum absolute atomic E-state index is 5.83. The van der Waals surface area contributed by atoms with Gasteiger partial charge in [0.25, 0.3) is 0 Å². The number of piperidine rings is 1. The van der Waals surface area contributed by atoms with Gasteiger partial charge < -0.3 is 14.8 Å². The van der Waals surface area contributed by atoms with Crippen LogP contribution in [0.1, 0.15) is 12.8 Å². The highest BCUT2D eigenvalue weighted by Crippen LogP contribution is 2.25. The number of nitrogens with zero attached hydrogens (tertiary/aromatic N) is 1. The molecule has 2 rings (SSSR count). The quantitative estimate of drug-likeness (QED) is 0.827. The molecule has 0 unspecified atom stereocenters. The van der Waals surface area contributed by atoms with Crippen molar-refractivity contribution in [3.63, 3.8) is 0 Å². The van der Waals surface area contributed by atoms with Crippen molar-refractivity contribution in [1.82, 2.24) is 10.2 Å². The third-order valence-electron chi connectivity index (χ3n) is 3.93. The van der Waals surface area contributed by atoms with E-state index in [0.29, 0.717) is 0 Å². The van der Waals surface area contributed by atoms with Crippen molar-refractivity contribution in [2.75, 3.05) is 46.9 Å². The van der Waals surface area contributed by atoms with Gasteiger partial charge in [0, 0.05) is 6.54 Å². The van der Waals surface area contributed by atoms with E-state index in [-0.39, 0.29) is 0 Å². The fourth-order valence-electron chi connectivity index (χ4n) is 2.73. The fourth-order valence-corrected chi connectivity index (χ4v) is 2.73. The van der Waals surface area contributed by atoms with Crippen LogP contribution in [-0.2, 0) is 0 Å². The first kappa shape index (κ1) is 15.1. The van der Waals surface area contributed by atoms with Crippen LogP contribution in [0.5, 0.6) is 11.5 Å². The predicted molar refractivity (Wildman–Crippen MR) is 81.6 cm³/mol. The lowest BCUT2D eigenvalue weighted by Gasteiger charge is -2.31. The van der Waals surface area contributed by atoms with Crippen LogP contribution >= 0.6 is 0 Å². The second kappa shape index (κ2) is 8.12. The van der Waals surface area contributed by atoms with Crippen molar-refractivity contribution in [2.45, 2.75) is 12.8 Å². The average Bonchev–Trinajstić information content (AvgIpc) is 2.50. The molecule has 0 aromatic heterocycles. The van der Waals surface area contributed by atoms with Crippen molar-refractivity contribution in [2.24, 2.45) is 5.92 Å². The van der Waals surface area contributed by atoms with Gasteiger partial charge in [-0.1, -0.05) is 12.1 Å². The van der Waals surface area contributed by atoms with Crippen LogP contribution in [0.25, 0.3) is 0 Å². The lowest BCUT2D eigenvalue weighted by atomic mass is 9.97. The molecule has 4 heteroatoms. The van der Waals surface area contributed by atoms with Gasteiger partial charge in [0.15, 0.2) is 11.5 Å². The highest BCUT2D eigenvalue weighted by atomic mass is 16.5. The monoisotopic (exact) mass is 278 g/mol. The van der Waals surface area contributed by atoms with Crippen LogP contribution in [0, 0.1) is 5.92 Å². The van der Waals surface area contributed by atoms with Gasteiger partial charge in [-0.05, 0) is 57.6 Å². The number of ether oxygens (including phenoxy) is 2. The molecule has 1 saturated heterocycles. The summed E-state index contributed by atoms with van der Waals surface area (Å²) in [6, 6.07) is 7.82. The molecule has 1 fully saturated rings.